The van der Waals surface area contributed by atoms with Crippen LogP contribution < -0.4 is 4.74 Å². The topological polar surface area (TPSA) is 61.4 Å². The Balaban J connectivity index is 1.43. The van der Waals surface area contributed by atoms with Gasteiger partial charge in [-0.3, -0.25) is 9.20 Å². The van der Waals surface area contributed by atoms with Gasteiger partial charge in [-0.05, 0) is 56.2 Å². The Morgan fingerprint density at radius 2 is 1.90 bits per heavy atom. The normalized spacial score (nSPS) is 11.2. The zero-order valence-electron chi connectivity index (χ0n) is 17.3. The molecule has 0 amide bonds. The molecule has 4 rings (SSSR count). The van der Waals surface area contributed by atoms with Crippen molar-refractivity contribution in [1.82, 2.24) is 19.2 Å². The number of aryl methyl sites for hydroxylation is 2. The summed E-state index contributed by atoms with van der Waals surface area (Å²) in [6.07, 6.45) is 2.81. The SMILES string of the molecule is COc1ccc(CCn2c(C)cc(C(=O)CSc3nnc4ccccn34)c2C)cc1. The fourth-order valence-corrected chi connectivity index (χ4v) is 4.39. The van der Waals surface area contributed by atoms with Crippen LogP contribution in [0.2, 0.25) is 0 Å². The number of ether oxygens (including phenoxy) is 1. The first-order valence-corrected chi connectivity index (χ1v) is 10.8. The number of hydrogen-bond acceptors (Lipinski definition) is 5. The van der Waals surface area contributed by atoms with Crippen molar-refractivity contribution in [2.45, 2.75) is 32.0 Å². The maximum Gasteiger partial charge on any atom is 0.196 e. The molecular weight excluding hydrogens is 396 g/mol. The second-order valence-electron chi connectivity index (χ2n) is 7.16. The van der Waals surface area contributed by atoms with Crippen LogP contribution >= 0.6 is 11.8 Å². The number of rotatable bonds is 8. The van der Waals surface area contributed by atoms with Gasteiger partial charge in [0.25, 0.3) is 0 Å². The molecule has 30 heavy (non-hydrogen) atoms. The van der Waals surface area contributed by atoms with Crippen LogP contribution in [0.1, 0.15) is 27.3 Å². The van der Waals surface area contributed by atoms with Gasteiger partial charge in [-0.1, -0.05) is 30.0 Å². The monoisotopic (exact) mass is 420 g/mol. The number of thioether (sulfide) groups is 1. The Hall–Kier alpha value is -3.06. The molecule has 154 valence electrons. The van der Waals surface area contributed by atoms with Crippen molar-refractivity contribution in [1.29, 1.82) is 0 Å². The van der Waals surface area contributed by atoms with Gasteiger partial charge in [0.15, 0.2) is 16.6 Å². The molecule has 4 aromatic rings. The highest BCUT2D eigenvalue weighted by atomic mass is 32.2. The van der Waals surface area contributed by atoms with Gasteiger partial charge >= 0.3 is 0 Å². The molecule has 0 spiro atoms. The van der Waals surface area contributed by atoms with E-state index in [4.69, 9.17) is 4.74 Å². The Morgan fingerprint density at radius 3 is 2.67 bits per heavy atom. The number of fused-ring (bicyclic) bond motifs is 1. The highest BCUT2D eigenvalue weighted by molar-refractivity contribution is 7.99. The van der Waals surface area contributed by atoms with Gasteiger partial charge in [-0.2, -0.15) is 0 Å². The van der Waals surface area contributed by atoms with Crippen molar-refractivity contribution in [3.8, 4) is 5.75 Å². The zero-order valence-corrected chi connectivity index (χ0v) is 18.1. The number of carbonyl (C=O) groups is 1. The van der Waals surface area contributed by atoms with Gasteiger partial charge in [0, 0.05) is 29.7 Å². The molecule has 6 nitrogen and oxygen atoms in total. The summed E-state index contributed by atoms with van der Waals surface area (Å²) in [5.74, 6) is 1.30. The van der Waals surface area contributed by atoms with Crippen LogP contribution in [-0.2, 0) is 13.0 Å². The molecule has 3 heterocycles. The second kappa shape index (κ2) is 8.75. The van der Waals surface area contributed by atoms with Crippen LogP contribution in [0.4, 0.5) is 0 Å². The third-order valence-electron chi connectivity index (χ3n) is 5.27. The molecule has 0 bridgehead atoms. The first-order chi connectivity index (χ1) is 14.6. The Bertz CT molecular complexity index is 1180. The number of carbonyl (C=O) groups excluding carboxylic acids is 1. The fraction of sp³-hybridized carbons (Fsp3) is 0.261. The summed E-state index contributed by atoms with van der Waals surface area (Å²) in [6.45, 7) is 4.90. The molecule has 1 aromatic carbocycles. The molecule has 0 saturated heterocycles. The van der Waals surface area contributed by atoms with E-state index in [0.717, 1.165) is 46.5 Å². The lowest BCUT2D eigenvalue weighted by Gasteiger charge is -2.10. The Morgan fingerprint density at radius 1 is 1.10 bits per heavy atom. The highest BCUT2D eigenvalue weighted by Crippen LogP contribution is 2.22. The van der Waals surface area contributed by atoms with Gasteiger partial charge in [-0.25, -0.2) is 0 Å². The van der Waals surface area contributed by atoms with E-state index in [0.29, 0.717) is 5.75 Å². The lowest BCUT2D eigenvalue weighted by Crippen LogP contribution is -2.08. The van der Waals surface area contributed by atoms with Crippen LogP contribution in [0.5, 0.6) is 5.75 Å². The summed E-state index contributed by atoms with van der Waals surface area (Å²) < 4.78 is 9.33. The van der Waals surface area contributed by atoms with Crippen molar-refractivity contribution >= 4 is 23.2 Å². The first-order valence-electron chi connectivity index (χ1n) is 9.82. The molecule has 7 heteroatoms. The van der Waals surface area contributed by atoms with Crippen LogP contribution in [0.15, 0.2) is 59.9 Å². The molecule has 3 aromatic heterocycles. The van der Waals surface area contributed by atoms with Gasteiger partial charge in [0.2, 0.25) is 0 Å². The molecule has 0 aliphatic heterocycles. The predicted octanol–water partition coefficient (Wildman–Crippen LogP) is 4.37. The molecule has 0 radical (unpaired) electrons. The minimum absolute atomic E-state index is 0.108. The number of nitrogens with zero attached hydrogens (tertiary/aromatic N) is 4. The quantitative estimate of drug-likeness (QED) is 0.313. The van der Waals surface area contributed by atoms with E-state index in [1.54, 1.807) is 7.11 Å². The van der Waals surface area contributed by atoms with E-state index in [2.05, 4.69) is 33.8 Å². The molecule has 0 unspecified atom stereocenters. The summed E-state index contributed by atoms with van der Waals surface area (Å²) >= 11 is 1.42. The number of methoxy groups -OCH3 is 1. The lowest BCUT2D eigenvalue weighted by molar-refractivity contribution is 0.102. The summed E-state index contributed by atoms with van der Waals surface area (Å²) in [4.78, 5) is 12.9. The van der Waals surface area contributed by atoms with E-state index >= 15 is 0 Å². The molecule has 0 N–H and O–H groups in total. The first kappa shape index (κ1) is 20.2. The number of aromatic nitrogens is 4. The largest absolute Gasteiger partial charge is 0.497 e. The molecular formula is C23H24N4O2S. The molecule has 0 fully saturated rings. The van der Waals surface area contributed by atoms with E-state index < -0.39 is 0 Å². The van der Waals surface area contributed by atoms with Crippen molar-refractivity contribution < 1.29 is 9.53 Å². The van der Waals surface area contributed by atoms with E-state index in [1.807, 2.05) is 53.9 Å². The average molecular weight is 421 g/mol. The van der Waals surface area contributed by atoms with Crippen LogP contribution in [0.25, 0.3) is 5.65 Å². The molecule has 0 aliphatic rings. The van der Waals surface area contributed by atoms with Gasteiger partial charge < -0.3 is 9.30 Å². The van der Waals surface area contributed by atoms with Gasteiger partial charge in [0.1, 0.15) is 5.75 Å². The van der Waals surface area contributed by atoms with Gasteiger partial charge in [0.05, 0.1) is 12.9 Å². The Labute approximate surface area is 179 Å². The van der Waals surface area contributed by atoms with Crippen LogP contribution in [-0.4, -0.2) is 37.8 Å². The zero-order chi connectivity index (χ0) is 21.1. The number of benzene rings is 1. The Kier molecular flexibility index (Phi) is 5.90. The summed E-state index contributed by atoms with van der Waals surface area (Å²) in [7, 11) is 1.67. The standard InChI is InChI=1S/C23H24N4O2S/c1-16-14-20(17(2)26(16)13-11-18-7-9-19(29-3)10-8-18)21(28)15-30-23-25-24-22-6-4-5-12-27(22)23/h4-10,12,14H,11,13,15H2,1-3H3. The predicted molar refractivity (Wildman–Crippen MR) is 119 cm³/mol. The van der Waals surface area contributed by atoms with E-state index in [9.17, 15) is 4.79 Å². The van der Waals surface area contributed by atoms with Crippen molar-refractivity contribution in [2.24, 2.45) is 0 Å². The number of hydrogen-bond donors (Lipinski definition) is 0. The lowest BCUT2D eigenvalue weighted by atomic mass is 10.1. The smallest absolute Gasteiger partial charge is 0.196 e. The minimum atomic E-state index is 0.108. The summed E-state index contributed by atoms with van der Waals surface area (Å²) in [5.41, 5.74) is 4.91. The summed E-state index contributed by atoms with van der Waals surface area (Å²) in [5, 5.41) is 9.06. The maximum absolute atomic E-state index is 12.9. The summed E-state index contributed by atoms with van der Waals surface area (Å²) in [6, 6.07) is 15.9. The number of Topliss-reactive ketones (excluding diaryl/α,β-unsaturated/α-hetero) is 1. The highest BCUT2D eigenvalue weighted by Gasteiger charge is 2.17. The van der Waals surface area contributed by atoms with Crippen LogP contribution in [0.3, 0.4) is 0 Å². The van der Waals surface area contributed by atoms with E-state index in [-0.39, 0.29) is 5.78 Å². The van der Waals surface area contributed by atoms with E-state index in [1.165, 1.54) is 17.3 Å². The van der Waals surface area contributed by atoms with Crippen molar-refractivity contribution in [2.75, 3.05) is 12.9 Å². The van der Waals surface area contributed by atoms with Crippen molar-refractivity contribution in [3.05, 3.63) is 77.2 Å². The third-order valence-corrected chi connectivity index (χ3v) is 6.22. The molecule has 0 saturated carbocycles. The average Bonchev–Trinajstić information content (AvgIpc) is 3.31. The number of ketones is 1. The fourth-order valence-electron chi connectivity index (χ4n) is 3.59. The van der Waals surface area contributed by atoms with Gasteiger partial charge in [-0.15, -0.1) is 10.2 Å². The second-order valence-corrected chi connectivity index (χ2v) is 8.10. The van der Waals surface area contributed by atoms with Crippen LogP contribution in [0, 0.1) is 13.8 Å². The van der Waals surface area contributed by atoms with Crippen molar-refractivity contribution in [3.63, 3.8) is 0 Å². The minimum Gasteiger partial charge on any atom is -0.497 e. The number of pyridine rings is 1. The maximum atomic E-state index is 12.9. The molecule has 0 aliphatic carbocycles. The third kappa shape index (κ3) is 4.11. The molecule has 0 atom stereocenters.